The van der Waals surface area contributed by atoms with E-state index in [0.29, 0.717) is 5.69 Å². The third-order valence-corrected chi connectivity index (χ3v) is 2.89. The van der Waals surface area contributed by atoms with E-state index in [1.54, 1.807) is 6.08 Å². The van der Waals surface area contributed by atoms with E-state index < -0.39 is 0 Å². The minimum Gasteiger partial charge on any atom is -0.386 e. The number of hydrogen-bond donors (Lipinski definition) is 1. The second kappa shape index (κ2) is 4.92. The lowest BCUT2D eigenvalue weighted by molar-refractivity contribution is 0.111. The predicted molar refractivity (Wildman–Crippen MR) is 75.5 cm³/mol. The summed E-state index contributed by atoms with van der Waals surface area (Å²) in [7, 11) is 1.86. The molecule has 18 heavy (non-hydrogen) atoms. The smallest absolute Gasteiger partial charge is 0.166 e. The molecule has 0 spiro atoms. The molecular weight excluding hydrogens is 224 g/mol. The summed E-state index contributed by atoms with van der Waals surface area (Å²) >= 11 is 0. The number of aryl methyl sites for hydroxylation is 1. The maximum atomic E-state index is 11.1. The normalized spacial score (nSPS) is 10.1. The van der Waals surface area contributed by atoms with Gasteiger partial charge < -0.3 is 9.88 Å². The minimum absolute atomic E-state index is 0.644. The fourth-order valence-electron chi connectivity index (χ4n) is 2.00. The summed E-state index contributed by atoms with van der Waals surface area (Å²) in [5, 5.41) is 3.13. The van der Waals surface area contributed by atoms with Crippen molar-refractivity contribution >= 4 is 18.0 Å². The number of aldehydes is 1. The summed E-state index contributed by atoms with van der Waals surface area (Å²) < 4.78 is 1.89. The van der Waals surface area contributed by atoms with Gasteiger partial charge in [-0.2, -0.15) is 0 Å². The molecule has 1 aromatic carbocycles. The number of hydrogen-bond acceptors (Lipinski definition) is 2. The fraction of sp³-hybridized carbons (Fsp3) is 0.133. The van der Waals surface area contributed by atoms with Gasteiger partial charge in [-0.3, -0.25) is 4.79 Å². The van der Waals surface area contributed by atoms with Crippen molar-refractivity contribution in [3.8, 4) is 5.69 Å². The summed E-state index contributed by atoms with van der Waals surface area (Å²) in [4.78, 5) is 11.1. The van der Waals surface area contributed by atoms with E-state index in [0.717, 1.165) is 28.8 Å². The summed E-state index contributed by atoms with van der Waals surface area (Å²) in [5.74, 6) is 0. The molecule has 0 saturated carbocycles. The average molecular weight is 240 g/mol. The Kier molecular flexibility index (Phi) is 3.33. The largest absolute Gasteiger partial charge is 0.386 e. The molecule has 92 valence electrons. The first-order valence-electron chi connectivity index (χ1n) is 5.78. The number of carbonyl (C=O) groups is 1. The van der Waals surface area contributed by atoms with Crippen molar-refractivity contribution in [3.05, 3.63) is 53.9 Å². The van der Waals surface area contributed by atoms with Gasteiger partial charge in [0.2, 0.25) is 0 Å². The van der Waals surface area contributed by atoms with Crippen LogP contribution in [0.4, 0.5) is 5.69 Å². The van der Waals surface area contributed by atoms with Crippen LogP contribution in [-0.2, 0) is 0 Å². The number of benzene rings is 1. The quantitative estimate of drug-likeness (QED) is 0.832. The SMILES string of the molecule is C=Cc1ccc(NC)c(-n2cc(C)cc2C=O)c1. The van der Waals surface area contributed by atoms with Crippen LogP contribution in [0.3, 0.4) is 0 Å². The molecule has 1 aromatic heterocycles. The molecule has 2 rings (SSSR count). The van der Waals surface area contributed by atoms with Crippen LogP contribution in [0.2, 0.25) is 0 Å². The molecule has 0 atom stereocenters. The molecule has 0 unspecified atom stereocenters. The van der Waals surface area contributed by atoms with E-state index in [-0.39, 0.29) is 0 Å². The molecule has 0 aliphatic heterocycles. The second-order valence-corrected chi connectivity index (χ2v) is 4.16. The topological polar surface area (TPSA) is 34.0 Å². The minimum atomic E-state index is 0.644. The monoisotopic (exact) mass is 240 g/mol. The van der Waals surface area contributed by atoms with Gasteiger partial charge >= 0.3 is 0 Å². The van der Waals surface area contributed by atoms with Gasteiger partial charge in [0.05, 0.1) is 17.1 Å². The van der Waals surface area contributed by atoms with Crippen molar-refractivity contribution in [2.75, 3.05) is 12.4 Å². The van der Waals surface area contributed by atoms with Crippen molar-refractivity contribution in [3.63, 3.8) is 0 Å². The number of aromatic nitrogens is 1. The highest BCUT2D eigenvalue weighted by molar-refractivity contribution is 5.77. The van der Waals surface area contributed by atoms with Crippen LogP contribution in [0.15, 0.2) is 37.0 Å². The molecule has 3 heteroatoms. The number of anilines is 1. The Balaban J connectivity index is 2.67. The molecular formula is C15H16N2O. The summed E-state index contributed by atoms with van der Waals surface area (Å²) in [6, 6.07) is 7.84. The molecule has 3 nitrogen and oxygen atoms in total. The molecule has 0 bridgehead atoms. The molecule has 1 heterocycles. The van der Waals surface area contributed by atoms with Crippen molar-refractivity contribution in [1.82, 2.24) is 4.57 Å². The van der Waals surface area contributed by atoms with Crippen molar-refractivity contribution in [1.29, 1.82) is 0 Å². The summed E-state index contributed by atoms with van der Waals surface area (Å²) in [5.41, 5.74) is 4.64. The Morgan fingerprint density at radius 2 is 2.11 bits per heavy atom. The van der Waals surface area contributed by atoms with Crippen LogP contribution in [0, 0.1) is 6.92 Å². The highest BCUT2D eigenvalue weighted by Crippen LogP contribution is 2.24. The zero-order chi connectivity index (χ0) is 13.1. The molecule has 0 radical (unpaired) electrons. The zero-order valence-corrected chi connectivity index (χ0v) is 10.6. The van der Waals surface area contributed by atoms with Crippen LogP contribution in [0.1, 0.15) is 21.6 Å². The van der Waals surface area contributed by atoms with E-state index in [9.17, 15) is 4.79 Å². The van der Waals surface area contributed by atoms with Gasteiger partial charge in [0.25, 0.3) is 0 Å². The van der Waals surface area contributed by atoms with Gasteiger partial charge in [-0.25, -0.2) is 0 Å². The van der Waals surface area contributed by atoms with Gasteiger partial charge in [-0.1, -0.05) is 18.7 Å². The van der Waals surface area contributed by atoms with Gasteiger partial charge in [-0.05, 0) is 36.2 Å². The molecule has 0 fully saturated rings. The number of nitrogens with one attached hydrogen (secondary N) is 1. The van der Waals surface area contributed by atoms with Gasteiger partial charge in [0.1, 0.15) is 0 Å². The Hall–Kier alpha value is -2.29. The van der Waals surface area contributed by atoms with E-state index in [1.807, 2.05) is 49.0 Å². The van der Waals surface area contributed by atoms with Crippen molar-refractivity contribution < 1.29 is 4.79 Å². The summed E-state index contributed by atoms with van der Waals surface area (Å²) in [6.45, 7) is 5.74. The standard InChI is InChI=1S/C15H16N2O/c1-4-12-5-6-14(16-3)15(8-12)17-9-11(2)7-13(17)10-18/h4-10,16H,1H2,2-3H3. The maximum Gasteiger partial charge on any atom is 0.166 e. The first-order valence-corrected chi connectivity index (χ1v) is 5.78. The number of rotatable bonds is 4. The molecule has 0 saturated heterocycles. The van der Waals surface area contributed by atoms with Crippen molar-refractivity contribution in [2.24, 2.45) is 0 Å². The lowest BCUT2D eigenvalue weighted by atomic mass is 10.1. The highest BCUT2D eigenvalue weighted by Gasteiger charge is 2.09. The predicted octanol–water partition coefficient (Wildman–Crippen LogP) is 3.28. The number of carbonyl (C=O) groups excluding carboxylic acids is 1. The molecule has 2 aromatic rings. The van der Waals surface area contributed by atoms with E-state index >= 15 is 0 Å². The first kappa shape index (κ1) is 12.2. The van der Waals surface area contributed by atoms with Crippen LogP contribution in [-0.4, -0.2) is 17.9 Å². The second-order valence-electron chi connectivity index (χ2n) is 4.16. The maximum absolute atomic E-state index is 11.1. The number of nitrogens with zero attached hydrogens (tertiary/aromatic N) is 1. The highest BCUT2D eigenvalue weighted by atomic mass is 16.1. The molecule has 0 amide bonds. The molecule has 1 N–H and O–H groups in total. The van der Waals surface area contributed by atoms with Crippen LogP contribution < -0.4 is 5.32 Å². The Morgan fingerprint density at radius 3 is 2.72 bits per heavy atom. The Morgan fingerprint density at radius 1 is 1.33 bits per heavy atom. The van der Waals surface area contributed by atoms with E-state index in [2.05, 4.69) is 11.9 Å². The van der Waals surface area contributed by atoms with Crippen molar-refractivity contribution in [2.45, 2.75) is 6.92 Å². The Bertz CT molecular complexity index is 597. The fourth-order valence-corrected chi connectivity index (χ4v) is 2.00. The van der Waals surface area contributed by atoms with Crippen LogP contribution in [0.25, 0.3) is 11.8 Å². The molecule has 0 aliphatic rings. The third-order valence-electron chi connectivity index (χ3n) is 2.89. The third kappa shape index (κ3) is 2.07. The van der Waals surface area contributed by atoms with E-state index in [1.165, 1.54) is 0 Å². The van der Waals surface area contributed by atoms with Crippen LogP contribution in [0.5, 0.6) is 0 Å². The van der Waals surface area contributed by atoms with Gasteiger partial charge in [0, 0.05) is 13.2 Å². The lowest BCUT2D eigenvalue weighted by Gasteiger charge is -2.12. The summed E-state index contributed by atoms with van der Waals surface area (Å²) in [6.07, 6.45) is 4.61. The van der Waals surface area contributed by atoms with Gasteiger partial charge in [-0.15, -0.1) is 0 Å². The van der Waals surface area contributed by atoms with Crippen LogP contribution >= 0.6 is 0 Å². The lowest BCUT2D eigenvalue weighted by Crippen LogP contribution is -2.02. The first-order chi connectivity index (χ1) is 8.69. The zero-order valence-electron chi connectivity index (χ0n) is 10.6. The molecule has 0 aliphatic carbocycles. The van der Waals surface area contributed by atoms with Gasteiger partial charge in [0.15, 0.2) is 6.29 Å². The Labute approximate surface area is 107 Å². The average Bonchev–Trinajstić information content (AvgIpc) is 2.79. The van der Waals surface area contributed by atoms with E-state index in [4.69, 9.17) is 0 Å².